The number of nitrogens with zero attached hydrogens (tertiary/aromatic N) is 1. The molecule has 0 aliphatic rings. The molecule has 0 spiro atoms. The molecule has 1 heterocycles. The fourth-order valence-corrected chi connectivity index (χ4v) is 0.957. The molecule has 0 aromatic carbocycles. The van der Waals surface area contributed by atoms with Crippen LogP contribution in [-0.2, 0) is 4.74 Å². The molecule has 1 aromatic heterocycles. The number of esters is 1. The number of oxazole rings is 1. The molecule has 0 radical (unpaired) electrons. The summed E-state index contributed by atoms with van der Waals surface area (Å²) in [6, 6.07) is 0.265. The highest BCUT2D eigenvalue weighted by Gasteiger charge is 2.15. The minimum absolute atomic E-state index is 0.152. The van der Waals surface area contributed by atoms with Crippen LogP contribution in [0, 0.1) is 0 Å². The van der Waals surface area contributed by atoms with Crippen molar-refractivity contribution in [3.8, 4) is 0 Å². The van der Waals surface area contributed by atoms with Gasteiger partial charge in [0.2, 0.25) is 0 Å². The maximum Gasteiger partial charge on any atom is 0.360 e. The third kappa shape index (κ3) is 3.90. The molecular formula is C10H17N3O3. The summed E-state index contributed by atoms with van der Waals surface area (Å²) in [7, 11) is 0. The van der Waals surface area contributed by atoms with Crippen LogP contribution in [0.5, 0.6) is 0 Å². The molecule has 0 unspecified atom stereocenters. The Morgan fingerprint density at radius 1 is 1.69 bits per heavy atom. The second-order valence-electron chi connectivity index (χ2n) is 4.10. The van der Waals surface area contributed by atoms with Gasteiger partial charge in [0.1, 0.15) is 6.26 Å². The van der Waals surface area contributed by atoms with E-state index in [9.17, 15) is 4.79 Å². The van der Waals surface area contributed by atoms with E-state index in [1.807, 2.05) is 13.8 Å². The summed E-state index contributed by atoms with van der Waals surface area (Å²) < 4.78 is 9.82. The maximum atomic E-state index is 11.3. The first-order chi connectivity index (χ1) is 7.42. The number of carbonyl (C=O) groups is 1. The van der Waals surface area contributed by atoms with Gasteiger partial charge in [-0.2, -0.15) is 4.98 Å². The van der Waals surface area contributed by atoms with E-state index >= 15 is 0 Å². The number of aromatic nitrogens is 1. The summed E-state index contributed by atoms with van der Waals surface area (Å²) in [6.07, 6.45) is 1.25. The predicted octanol–water partition coefficient (Wildman–Crippen LogP) is 1.00. The molecule has 0 saturated heterocycles. The standard InChI is InChI=1S/C10H17N3O3/c1-4-15-8(14)7-5-16-9(13-7)12-6-10(2,3)11/h5H,4,6,11H2,1-3H3,(H,12,13). The number of carbonyl (C=O) groups excluding carboxylic acids is 1. The Kier molecular flexibility index (Phi) is 3.89. The first-order valence-electron chi connectivity index (χ1n) is 5.08. The van der Waals surface area contributed by atoms with Crippen molar-refractivity contribution in [2.24, 2.45) is 5.73 Å². The highest BCUT2D eigenvalue weighted by molar-refractivity contribution is 5.87. The average molecular weight is 227 g/mol. The SMILES string of the molecule is CCOC(=O)c1coc(NCC(C)(C)N)n1. The molecule has 1 rings (SSSR count). The minimum Gasteiger partial charge on any atom is -0.461 e. The van der Waals surface area contributed by atoms with E-state index in [-0.39, 0.29) is 17.2 Å². The third-order valence-corrected chi connectivity index (χ3v) is 1.68. The van der Waals surface area contributed by atoms with E-state index in [0.29, 0.717) is 13.2 Å². The molecule has 1 aromatic rings. The van der Waals surface area contributed by atoms with Gasteiger partial charge in [-0.1, -0.05) is 0 Å². The van der Waals surface area contributed by atoms with Crippen molar-refractivity contribution in [3.63, 3.8) is 0 Å². The highest BCUT2D eigenvalue weighted by Crippen LogP contribution is 2.09. The van der Waals surface area contributed by atoms with Crippen LogP contribution in [0.15, 0.2) is 10.7 Å². The number of anilines is 1. The van der Waals surface area contributed by atoms with Gasteiger partial charge < -0.3 is 20.2 Å². The second-order valence-corrected chi connectivity index (χ2v) is 4.10. The molecule has 6 nitrogen and oxygen atoms in total. The second kappa shape index (κ2) is 4.98. The number of nitrogens with one attached hydrogen (secondary N) is 1. The zero-order valence-electron chi connectivity index (χ0n) is 9.74. The topological polar surface area (TPSA) is 90.4 Å². The first kappa shape index (κ1) is 12.5. The van der Waals surface area contributed by atoms with Gasteiger partial charge in [-0.05, 0) is 20.8 Å². The number of hydrogen-bond acceptors (Lipinski definition) is 6. The molecule has 6 heteroatoms. The monoisotopic (exact) mass is 227 g/mol. The van der Waals surface area contributed by atoms with Gasteiger partial charge in [-0.25, -0.2) is 4.79 Å². The maximum absolute atomic E-state index is 11.3. The summed E-state index contributed by atoms with van der Waals surface area (Å²) in [6.45, 7) is 6.28. The third-order valence-electron chi connectivity index (χ3n) is 1.68. The van der Waals surface area contributed by atoms with Gasteiger partial charge in [0.05, 0.1) is 6.61 Å². The fraction of sp³-hybridized carbons (Fsp3) is 0.600. The lowest BCUT2D eigenvalue weighted by molar-refractivity contribution is 0.0519. The van der Waals surface area contributed by atoms with E-state index < -0.39 is 5.97 Å². The van der Waals surface area contributed by atoms with E-state index in [4.69, 9.17) is 14.9 Å². The zero-order chi connectivity index (χ0) is 12.2. The van der Waals surface area contributed by atoms with Crippen LogP contribution in [0.3, 0.4) is 0 Å². The molecule has 90 valence electrons. The Balaban J connectivity index is 2.55. The van der Waals surface area contributed by atoms with Gasteiger partial charge in [0, 0.05) is 12.1 Å². The fourth-order valence-electron chi connectivity index (χ4n) is 0.957. The summed E-state index contributed by atoms with van der Waals surface area (Å²) >= 11 is 0. The van der Waals surface area contributed by atoms with Gasteiger partial charge in [-0.3, -0.25) is 0 Å². The lowest BCUT2D eigenvalue weighted by Crippen LogP contribution is -2.39. The van der Waals surface area contributed by atoms with E-state index in [1.54, 1.807) is 6.92 Å². The molecule has 0 bridgehead atoms. The number of nitrogens with two attached hydrogens (primary N) is 1. The molecule has 0 aliphatic carbocycles. The van der Waals surface area contributed by atoms with Crippen molar-refractivity contribution >= 4 is 12.0 Å². The predicted molar refractivity (Wildman–Crippen MR) is 59.2 cm³/mol. The molecular weight excluding hydrogens is 210 g/mol. The summed E-state index contributed by atoms with van der Waals surface area (Å²) in [5.74, 6) is -0.494. The summed E-state index contributed by atoms with van der Waals surface area (Å²) in [4.78, 5) is 15.2. The van der Waals surface area contributed by atoms with Gasteiger partial charge in [0.15, 0.2) is 5.69 Å². The van der Waals surface area contributed by atoms with Gasteiger partial charge in [0.25, 0.3) is 6.01 Å². The van der Waals surface area contributed by atoms with Crippen LogP contribution in [-0.4, -0.2) is 29.6 Å². The Labute approximate surface area is 94.2 Å². The molecule has 0 saturated carbocycles. The number of ether oxygens (including phenoxy) is 1. The molecule has 0 aliphatic heterocycles. The van der Waals surface area contributed by atoms with Crippen LogP contribution in [0.4, 0.5) is 6.01 Å². The highest BCUT2D eigenvalue weighted by atomic mass is 16.5. The zero-order valence-corrected chi connectivity index (χ0v) is 9.74. The Morgan fingerprint density at radius 3 is 2.94 bits per heavy atom. The molecule has 0 fully saturated rings. The number of rotatable bonds is 5. The smallest absolute Gasteiger partial charge is 0.360 e. The Morgan fingerprint density at radius 2 is 2.38 bits per heavy atom. The molecule has 3 N–H and O–H groups in total. The Bertz CT molecular complexity index is 354. The van der Waals surface area contributed by atoms with E-state index in [0.717, 1.165) is 0 Å². The lowest BCUT2D eigenvalue weighted by Gasteiger charge is -2.17. The lowest BCUT2D eigenvalue weighted by atomic mass is 10.1. The van der Waals surface area contributed by atoms with Gasteiger partial charge >= 0.3 is 5.97 Å². The van der Waals surface area contributed by atoms with Gasteiger partial charge in [-0.15, -0.1) is 0 Å². The normalized spacial score (nSPS) is 11.2. The van der Waals surface area contributed by atoms with Crippen LogP contribution in [0.1, 0.15) is 31.3 Å². The van der Waals surface area contributed by atoms with Crippen LogP contribution < -0.4 is 11.1 Å². The van der Waals surface area contributed by atoms with Crippen LogP contribution in [0.2, 0.25) is 0 Å². The van der Waals surface area contributed by atoms with Crippen LogP contribution in [0.25, 0.3) is 0 Å². The number of hydrogen-bond donors (Lipinski definition) is 2. The Hall–Kier alpha value is -1.56. The summed E-state index contributed by atoms with van der Waals surface area (Å²) in [5, 5.41) is 2.89. The largest absolute Gasteiger partial charge is 0.461 e. The van der Waals surface area contributed by atoms with Crippen molar-refractivity contribution in [2.75, 3.05) is 18.5 Å². The summed E-state index contributed by atoms with van der Waals surface area (Å²) in [5.41, 5.74) is 5.55. The van der Waals surface area contributed by atoms with Crippen LogP contribution >= 0.6 is 0 Å². The molecule has 0 atom stereocenters. The minimum atomic E-state index is -0.494. The first-order valence-corrected chi connectivity index (χ1v) is 5.08. The molecule has 16 heavy (non-hydrogen) atoms. The van der Waals surface area contributed by atoms with Crippen molar-refractivity contribution in [2.45, 2.75) is 26.3 Å². The van der Waals surface area contributed by atoms with Crippen molar-refractivity contribution in [1.82, 2.24) is 4.98 Å². The quantitative estimate of drug-likeness (QED) is 0.729. The average Bonchev–Trinajstić information content (AvgIpc) is 2.62. The van der Waals surface area contributed by atoms with Crippen molar-refractivity contribution < 1.29 is 13.9 Å². The molecule has 0 amide bonds. The van der Waals surface area contributed by atoms with Crippen molar-refractivity contribution in [3.05, 3.63) is 12.0 Å². The van der Waals surface area contributed by atoms with E-state index in [1.165, 1.54) is 6.26 Å². The van der Waals surface area contributed by atoms with E-state index in [2.05, 4.69) is 10.3 Å². The van der Waals surface area contributed by atoms with Crippen molar-refractivity contribution in [1.29, 1.82) is 0 Å².